The predicted octanol–water partition coefficient (Wildman–Crippen LogP) is 2.49. The molecule has 5 nitrogen and oxygen atoms in total. The number of anilines is 1. The highest BCUT2D eigenvalue weighted by molar-refractivity contribution is 6.34. The van der Waals surface area contributed by atoms with Crippen molar-refractivity contribution in [2.75, 3.05) is 12.4 Å². The Hall–Kier alpha value is -2.47. The van der Waals surface area contributed by atoms with Crippen LogP contribution in [0.5, 0.6) is 0 Å². The van der Waals surface area contributed by atoms with Gasteiger partial charge in [0.2, 0.25) is 5.95 Å². The summed E-state index contributed by atoms with van der Waals surface area (Å²) < 4.78 is 13.0. The van der Waals surface area contributed by atoms with Gasteiger partial charge >= 0.3 is 0 Å². The number of pyridine rings is 1. The lowest BCUT2D eigenvalue weighted by molar-refractivity contribution is 0.0961. The molecule has 0 fully saturated rings. The normalized spacial score (nSPS) is 10.0. The molecule has 0 unspecified atom stereocenters. The van der Waals surface area contributed by atoms with Crippen LogP contribution < -0.4 is 10.6 Å². The summed E-state index contributed by atoms with van der Waals surface area (Å²) in [5, 5.41) is 5.27. The Labute approximate surface area is 125 Å². The van der Waals surface area contributed by atoms with E-state index in [1.807, 2.05) is 0 Å². The maximum Gasteiger partial charge on any atom is 0.255 e. The van der Waals surface area contributed by atoms with Gasteiger partial charge in [-0.1, -0.05) is 11.6 Å². The largest absolute Gasteiger partial charge is 0.355 e. The highest BCUT2D eigenvalue weighted by Gasteiger charge is 2.12. The molecule has 1 aromatic heterocycles. The van der Waals surface area contributed by atoms with E-state index in [2.05, 4.69) is 15.6 Å². The molecule has 1 aromatic carbocycles. The van der Waals surface area contributed by atoms with Gasteiger partial charge in [0.05, 0.1) is 10.6 Å². The van der Waals surface area contributed by atoms with E-state index in [0.717, 1.165) is 6.07 Å². The van der Waals surface area contributed by atoms with Gasteiger partial charge in [0.15, 0.2) is 0 Å². The van der Waals surface area contributed by atoms with Gasteiger partial charge in [-0.25, -0.2) is 4.98 Å². The van der Waals surface area contributed by atoms with Crippen molar-refractivity contribution in [1.29, 1.82) is 0 Å². The fourth-order valence-corrected chi connectivity index (χ4v) is 1.86. The number of hydrogen-bond donors (Lipinski definition) is 2. The number of aromatic nitrogens is 1. The molecule has 0 bridgehead atoms. The van der Waals surface area contributed by atoms with Crippen molar-refractivity contribution in [2.24, 2.45) is 0 Å². The molecular weight excluding hydrogens is 297 g/mol. The van der Waals surface area contributed by atoms with Gasteiger partial charge in [0, 0.05) is 30.6 Å². The number of benzene rings is 1. The van der Waals surface area contributed by atoms with Crippen molar-refractivity contribution in [2.45, 2.75) is 0 Å². The molecule has 2 N–H and O–H groups in total. The molecule has 0 saturated carbocycles. The average Bonchev–Trinajstić information content (AvgIpc) is 2.48. The minimum atomic E-state index is -0.746. The van der Waals surface area contributed by atoms with Crippen LogP contribution in [-0.2, 0) is 0 Å². The molecule has 0 saturated heterocycles. The minimum absolute atomic E-state index is 0.124. The number of carbonyl (C=O) groups is 2. The van der Waals surface area contributed by atoms with Gasteiger partial charge in [-0.2, -0.15) is 4.39 Å². The second-order valence-electron chi connectivity index (χ2n) is 4.10. The summed E-state index contributed by atoms with van der Waals surface area (Å²) in [5.41, 5.74) is 0.733. The molecule has 1 heterocycles. The third-order valence-corrected chi connectivity index (χ3v) is 3.01. The van der Waals surface area contributed by atoms with Crippen molar-refractivity contribution >= 4 is 29.1 Å². The first kappa shape index (κ1) is 14.9. The van der Waals surface area contributed by atoms with Gasteiger partial charge in [-0.05, 0) is 24.3 Å². The zero-order chi connectivity index (χ0) is 15.4. The van der Waals surface area contributed by atoms with E-state index < -0.39 is 11.9 Å². The fraction of sp³-hybridized carbons (Fsp3) is 0.0714. The van der Waals surface area contributed by atoms with Gasteiger partial charge in [-0.15, -0.1) is 0 Å². The number of nitrogens with zero attached hydrogens (tertiary/aromatic N) is 1. The van der Waals surface area contributed by atoms with Gasteiger partial charge in [-0.3, -0.25) is 9.59 Å². The zero-order valence-electron chi connectivity index (χ0n) is 11.0. The molecule has 0 aliphatic heterocycles. The summed E-state index contributed by atoms with van der Waals surface area (Å²) in [5.74, 6) is -1.63. The molecule has 21 heavy (non-hydrogen) atoms. The first-order chi connectivity index (χ1) is 10.0. The number of rotatable bonds is 3. The van der Waals surface area contributed by atoms with Crippen LogP contribution in [0, 0.1) is 5.95 Å². The molecule has 2 aromatic rings. The lowest BCUT2D eigenvalue weighted by Crippen LogP contribution is -2.19. The fourth-order valence-electron chi connectivity index (χ4n) is 1.66. The third kappa shape index (κ3) is 3.55. The van der Waals surface area contributed by atoms with Crippen LogP contribution in [0.1, 0.15) is 20.7 Å². The second kappa shape index (κ2) is 6.32. The molecular formula is C14H11ClFN3O2. The Morgan fingerprint density at radius 3 is 2.62 bits per heavy atom. The molecule has 2 amide bonds. The number of halogens is 2. The standard InChI is InChI=1S/C14H11ClFN3O2/c1-17-14(21)10-7-9(2-3-11(10)15)19-13(20)8-4-5-18-12(16)6-8/h2-7H,1H3,(H,17,21)(H,19,20). The molecule has 7 heteroatoms. The Balaban J connectivity index is 2.24. The summed E-state index contributed by atoms with van der Waals surface area (Å²) in [6.07, 6.45) is 1.20. The van der Waals surface area contributed by atoms with E-state index in [4.69, 9.17) is 11.6 Å². The van der Waals surface area contributed by atoms with Crippen LogP contribution in [-0.4, -0.2) is 23.8 Å². The Kier molecular flexibility index (Phi) is 4.49. The Morgan fingerprint density at radius 2 is 1.95 bits per heavy atom. The first-order valence-electron chi connectivity index (χ1n) is 5.96. The van der Waals surface area contributed by atoms with E-state index >= 15 is 0 Å². The van der Waals surface area contributed by atoms with Crippen molar-refractivity contribution < 1.29 is 14.0 Å². The highest BCUT2D eigenvalue weighted by Crippen LogP contribution is 2.21. The summed E-state index contributed by atoms with van der Waals surface area (Å²) in [6, 6.07) is 6.88. The lowest BCUT2D eigenvalue weighted by Gasteiger charge is -2.08. The van der Waals surface area contributed by atoms with Gasteiger partial charge in [0.25, 0.3) is 11.8 Å². The topological polar surface area (TPSA) is 71.1 Å². The molecule has 0 aliphatic carbocycles. The van der Waals surface area contributed by atoms with Crippen LogP contribution in [0.4, 0.5) is 10.1 Å². The van der Waals surface area contributed by atoms with Crippen LogP contribution >= 0.6 is 11.6 Å². The second-order valence-corrected chi connectivity index (χ2v) is 4.50. The molecule has 0 aliphatic rings. The number of nitrogens with one attached hydrogen (secondary N) is 2. The summed E-state index contributed by atoms with van der Waals surface area (Å²) >= 11 is 5.91. The summed E-state index contributed by atoms with van der Waals surface area (Å²) in [7, 11) is 1.48. The average molecular weight is 308 g/mol. The maximum atomic E-state index is 13.0. The first-order valence-corrected chi connectivity index (χ1v) is 6.33. The molecule has 108 valence electrons. The van der Waals surface area contributed by atoms with Crippen molar-refractivity contribution in [3.63, 3.8) is 0 Å². The number of amides is 2. The lowest BCUT2D eigenvalue weighted by atomic mass is 10.1. The van der Waals surface area contributed by atoms with E-state index in [1.54, 1.807) is 6.07 Å². The molecule has 0 spiro atoms. The van der Waals surface area contributed by atoms with Crippen molar-refractivity contribution in [3.05, 3.63) is 58.6 Å². The van der Waals surface area contributed by atoms with E-state index in [1.165, 1.54) is 31.4 Å². The SMILES string of the molecule is CNC(=O)c1cc(NC(=O)c2ccnc(F)c2)ccc1Cl. The van der Waals surface area contributed by atoms with Crippen LogP contribution in [0.15, 0.2) is 36.5 Å². The van der Waals surface area contributed by atoms with Gasteiger partial charge < -0.3 is 10.6 Å². The van der Waals surface area contributed by atoms with Crippen LogP contribution in [0.3, 0.4) is 0 Å². The third-order valence-electron chi connectivity index (χ3n) is 2.68. The minimum Gasteiger partial charge on any atom is -0.355 e. The van der Waals surface area contributed by atoms with E-state index in [-0.39, 0.29) is 22.1 Å². The van der Waals surface area contributed by atoms with Crippen LogP contribution in [0.2, 0.25) is 5.02 Å². The summed E-state index contributed by atoms with van der Waals surface area (Å²) in [4.78, 5) is 27.0. The van der Waals surface area contributed by atoms with Gasteiger partial charge in [0.1, 0.15) is 0 Å². The molecule has 0 atom stereocenters. The van der Waals surface area contributed by atoms with E-state index in [0.29, 0.717) is 5.69 Å². The predicted molar refractivity (Wildman–Crippen MR) is 77.0 cm³/mol. The number of carbonyl (C=O) groups excluding carboxylic acids is 2. The monoisotopic (exact) mass is 307 g/mol. The Morgan fingerprint density at radius 1 is 1.19 bits per heavy atom. The Bertz CT molecular complexity index is 706. The van der Waals surface area contributed by atoms with Crippen molar-refractivity contribution in [3.8, 4) is 0 Å². The van der Waals surface area contributed by atoms with E-state index in [9.17, 15) is 14.0 Å². The van der Waals surface area contributed by atoms with Crippen LogP contribution in [0.25, 0.3) is 0 Å². The zero-order valence-corrected chi connectivity index (χ0v) is 11.7. The summed E-state index contributed by atoms with van der Waals surface area (Å²) in [6.45, 7) is 0. The van der Waals surface area contributed by atoms with Crippen molar-refractivity contribution in [1.82, 2.24) is 10.3 Å². The number of hydrogen-bond acceptors (Lipinski definition) is 3. The smallest absolute Gasteiger partial charge is 0.255 e. The molecule has 0 radical (unpaired) electrons. The highest BCUT2D eigenvalue weighted by atomic mass is 35.5. The quantitative estimate of drug-likeness (QED) is 0.856. The molecule has 2 rings (SSSR count). The maximum absolute atomic E-state index is 13.0.